The number of amides is 1. The maximum atomic E-state index is 12.9. The molecule has 0 spiro atoms. The zero-order chi connectivity index (χ0) is 15.5. The highest BCUT2D eigenvalue weighted by Gasteiger charge is 2.29. The maximum Gasteiger partial charge on any atom is 0.257 e. The molecular formula is C16H23N3O3. The number of carbonyl (C=O) groups is 1. The van der Waals surface area contributed by atoms with Crippen LogP contribution in [0.3, 0.4) is 0 Å². The Balaban J connectivity index is 1.82. The molecule has 22 heavy (non-hydrogen) atoms. The standard InChI is InChI=1S/C16H23N3O3/c1-12-10-19(11-13(2)22-12)16(20)14-4-3-5-17-15(14)18-6-8-21-9-7-18/h3-5,12-13H,6-11H2,1-2H3/t12-,13-/m1/s1. The van der Waals surface area contributed by atoms with Gasteiger partial charge in [0.2, 0.25) is 0 Å². The van der Waals surface area contributed by atoms with E-state index in [0.717, 1.165) is 18.9 Å². The monoisotopic (exact) mass is 305 g/mol. The van der Waals surface area contributed by atoms with Gasteiger partial charge < -0.3 is 19.3 Å². The van der Waals surface area contributed by atoms with Crippen LogP contribution in [0.1, 0.15) is 24.2 Å². The second kappa shape index (κ2) is 6.62. The van der Waals surface area contributed by atoms with Crippen molar-refractivity contribution in [3.8, 4) is 0 Å². The van der Waals surface area contributed by atoms with Crippen LogP contribution in [0.5, 0.6) is 0 Å². The Kier molecular flexibility index (Phi) is 4.59. The summed E-state index contributed by atoms with van der Waals surface area (Å²) in [5, 5.41) is 0. The summed E-state index contributed by atoms with van der Waals surface area (Å²) >= 11 is 0. The molecule has 2 atom stereocenters. The van der Waals surface area contributed by atoms with Gasteiger partial charge in [-0.05, 0) is 26.0 Å². The second-order valence-corrected chi connectivity index (χ2v) is 5.94. The first kappa shape index (κ1) is 15.2. The molecule has 0 bridgehead atoms. The molecule has 120 valence electrons. The van der Waals surface area contributed by atoms with Crippen molar-refractivity contribution in [2.75, 3.05) is 44.3 Å². The minimum Gasteiger partial charge on any atom is -0.378 e. The van der Waals surface area contributed by atoms with Crippen LogP contribution in [0.2, 0.25) is 0 Å². The smallest absolute Gasteiger partial charge is 0.257 e. The molecule has 2 saturated heterocycles. The lowest BCUT2D eigenvalue weighted by Crippen LogP contribution is -2.48. The van der Waals surface area contributed by atoms with E-state index in [1.807, 2.05) is 30.9 Å². The molecule has 3 rings (SSSR count). The molecule has 0 N–H and O–H groups in total. The fraction of sp³-hybridized carbons (Fsp3) is 0.625. The number of anilines is 1. The lowest BCUT2D eigenvalue weighted by atomic mass is 10.1. The summed E-state index contributed by atoms with van der Waals surface area (Å²) in [4.78, 5) is 21.4. The van der Waals surface area contributed by atoms with E-state index in [0.29, 0.717) is 31.9 Å². The number of ether oxygens (including phenoxy) is 2. The second-order valence-electron chi connectivity index (χ2n) is 5.94. The lowest BCUT2D eigenvalue weighted by molar-refractivity contribution is -0.0586. The number of hydrogen-bond donors (Lipinski definition) is 0. The van der Waals surface area contributed by atoms with Crippen molar-refractivity contribution in [2.24, 2.45) is 0 Å². The van der Waals surface area contributed by atoms with Gasteiger partial charge in [0, 0.05) is 32.4 Å². The van der Waals surface area contributed by atoms with Crippen molar-refractivity contribution in [1.82, 2.24) is 9.88 Å². The minimum atomic E-state index is 0.0385. The van der Waals surface area contributed by atoms with Crippen molar-refractivity contribution in [3.63, 3.8) is 0 Å². The molecular weight excluding hydrogens is 282 g/mol. The maximum absolute atomic E-state index is 12.9. The summed E-state index contributed by atoms with van der Waals surface area (Å²) in [7, 11) is 0. The van der Waals surface area contributed by atoms with Crippen molar-refractivity contribution >= 4 is 11.7 Å². The highest BCUT2D eigenvalue weighted by atomic mass is 16.5. The van der Waals surface area contributed by atoms with E-state index >= 15 is 0 Å². The van der Waals surface area contributed by atoms with Gasteiger partial charge in [-0.3, -0.25) is 4.79 Å². The van der Waals surface area contributed by atoms with Gasteiger partial charge in [0.05, 0.1) is 31.0 Å². The molecule has 0 aromatic carbocycles. The van der Waals surface area contributed by atoms with Gasteiger partial charge >= 0.3 is 0 Å². The Morgan fingerprint density at radius 1 is 1.23 bits per heavy atom. The minimum absolute atomic E-state index is 0.0385. The number of rotatable bonds is 2. The first-order valence-corrected chi connectivity index (χ1v) is 7.87. The summed E-state index contributed by atoms with van der Waals surface area (Å²) < 4.78 is 11.1. The van der Waals surface area contributed by atoms with E-state index in [-0.39, 0.29) is 18.1 Å². The van der Waals surface area contributed by atoms with E-state index in [4.69, 9.17) is 9.47 Å². The quantitative estimate of drug-likeness (QED) is 0.821. The summed E-state index contributed by atoms with van der Waals surface area (Å²) in [5.74, 6) is 0.805. The van der Waals surface area contributed by atoms with Gasteiger partial charge in [-0.2, -0.15) is 0 Å². The van der Waals surface area contributed by atoms with E-state index in [1.165, 1.54) is 0 Å². The third-order valence-electron chi connectivity index (χ3n) is 4.03. The van der Waals surface area contributed by atoms with Gasteiger partial charge in [-0.25, -0.2) is 4.98 Å². The summed E-state index contributed by atoms with van der Waals surface area (Å²) in [6.07, 6.45) is 1.87. The molecule has 3 heterocycles. The topological polar surface area (TPSA) is 54.9 Å². The van der Waals surface area contributed by atoms with Crippen LogP contribution < -0.4 is 4.90 Å². The Bertz CT molecular complexity index is 521. The number of hydrogen-bond acceptors (Lipinski definition) is 5. The molecule has 0 aliphatic carbocycles. The molecule has 6 nitrogen and oxygen atoms in total. The van der Waals surface area contributed by atoms with Crippen molar-refractivity contribution in [3.05, 3.63) is 23.9 Å². The van der Waals surface area contributed by atoms with Crippen LogP contribution >= 0.6 is 0 Å². The normalized spacial score (nSPS) is 26.1. The molecule has 2 aliphatic rings. The van der Waals surface area contributed by atoms with Crippen molar-refractivity contribution < 1.29 is 14.3 Å². The van der Waals surface area contributed by atoms with Crippen molar-refractivity contribution in [1.29, 1.82) is 0 Å². The molecule has 0 unspecified atom stereocenters. The molecule has 6 heteroatoms. The molecule has 1 amide bonds. The van der Waals surface area contributed by atoms with Gasteiger partial charge in [0.25, 0.3) is 5.91 Å². The van der Waals surface area contributed by atoms with Crippen LogP contribution in [0.15, 0.2) is 18.3 Å². The Labute approximate surface area is 131 Å². The Morgan fingerprint density at radius 2 is 1.91 bits per heavy atom. The molecule has 2 aliphatic heterocycles. The van der Waals surface area contributed by atoms with Crippen LogP contribution in [0.25, 0.3) is 0 Å². The predicted octanol–water partition coefficient (Wildman–Crippen LogP) is 1.17. The van der Waals surface area contributed by atoms with Gasteiger partial charge in [-0.1, -0.05) is 0 Å². The van der Waals surface area contributed by atoms with Crippen LogP contribution in [0, 0.1) is 0 Å². The van der Waals surface area contributed by atoms with Gasteiger partial charge in [0.1, 0.15) is 5.82 Å². The van der Waals surface area contributed by atoms with E-state index < -0.39 is 0 Å². The first-order chi connectivity index (χ1) is 10.6. The summed E-state index contributed by atoms with van der Waals surface area (Å²) in [6.45, 7) is 8.15. The Hall–Kier alpha value is -1.66. The van der Waals surface area contributed by atoms with Crippen LogP contribution in [-0.2, 0) is 9.47 Å². The SMILES string of the molecule is C[C@@H]1CN(C(=O)c2cccnc2N2CCOCC2)C[C@@H](C)O1. The highest BCUT2D eigenvalue weighted by Crippen LogP contribution is 2.22. The van der Waals surface area contributed by atoms with Crippen LogP contribution in [0.4, 0.5) is 5.82 Å². The van der Waals surface area contributed by atoms with Crippen molar-refractivity contribution in [2.45, 2.75) is 26.1 Å². The van der Waals surface area contributed by atoms with Crippen LogP contribution in [-0.4, -0.2) is 67.4 Å². The molecule has 1 aromatic rings. The fourth-order valence-corrected chi connectivity index (χ4v) is 3.11. The third kappa shape index (κ3) is 3.23. The number of carbonyl (C=O) groups excluding carboxylic acids is 1. The van der Waals surface area contributed by atoms with Gasteiger partial charge in [-0.15, -0.1) is 0 Å². The first-order valence-electron chi connectivity index (χ1n) is 7.87. The highest BCUT2D eigenvalue weighted by molar-refractivity contribution is 5.99. The average Bonchev–Trinajstić information content (AvgIpc) is 2.54. The summed E-state index contributed by atoms with van der Waals surface area (Å²) in [6, 6.07) is 3.69. The largest absolute Gasteiger partial charge is 0.378 e. The fourth-order valence-electron chi connectivity index (χ4n) is 3.11. The zero-order valence-electron chi connectivity index (χ0n) is 13.2. The number of morpholine rings is 2. The number of aromatic nitrogens is 1. The number of nitrogens with zero attached hydrogens (tertiary/aromatic N) is 3. The molecule has 2 fully saturated rings. The van der Waals surface area contributed by atoms with E-state index in [9.17, 15) is 4.79 Å². The third-order valence-corrected chi connectivity index (χ3v) is 4.03. The van der Waals surface area contributed by atoms with E-state index in [2.05, 4.69) is 9.88 Å². The zero-order valence-corrected chi connectivity index (χ0v) is 13.2. The lowest BCUT2D eigenvalue weighted by Gasteiger charge is -2.36. The van der Waals surface area contributed by atoms with Gasteiger partial charge in [0.15, 0.2) is 0 Å². The molecule has 0 radical (unpaired) electrons. The van der Waals surface area contributed by atoms with E-state index in [1.54, 1.807) is 6.20 Å². The molecule has 1 aromatic heterocycles. The Morgan fingerprint density at radius 3 is 2.59 bits per heavy atom. The predicted molar refractivity (Wildman–Crippen MR) is 83.2 cm³/mol. The average molecular weight is 305 g/mol. The summed E-state index contributed by atoms with van der Waals surface area (Å²) in [5.41, 5.74) is 0.672. The molecule has 0 saturated carbocycles. The number of pyridine rings is 1.